The van der Waals surface area contributed by atoms with Gasteiger partial charge < -0.3 is 10.1 Å². The van der Waals surface area contributed by atoms with Crippen molar-refractivity contribution in [2.24, 2.45) is 0 Å². The fraction of sp³-hybridized carbons (Fsp3) is 0.647. The number of nitrogens with one attached hydrogen (secondary N) is 1. The molecule has 3 rings (SSSR count). The molecule has 116 valence electrons. The van der Waals surface area contributed by atoms with Crippen LogP contribution in [0.15, 0.2) is 28.7 Å². The maximum absolute atomic E-state index is 5.87. The van der Waals surface area contributed by atoms with E-state index in [1.165, 1.54) is 51.7 Å². The molecule has 0 unspecified atom stereocenters. The third-order valence-corrected chi connectivity index (χ3v) is 5.26. The Morgan fingerprint density at radius 2 is 1.90 bits per heavy atom. The lowest BCUT2D eigenvalue weighted by Gasteiger charge is -2.33. The highest BCUT2D eigenvalue weighted by atomic mass is 79.9. The largest absolute Gasteiger partial charge is 0.492 e. The molecule has 1 N–H and O–H groups in total. The third-order valence-electron chi connectivity index (χ3n) is 4.73. The van der Waals surface area contributed by atoms with Crippen LogP contribution in [0.4, 0.5) is 0 Å². The zero-order valence-corrected chi connectivity index (χ0v) is 14.2. The second-order valence-corrected chi connectivity index (χ2v) is 7.26. The van der Waals surface area contributed by atoms with Crippen LogP contribution in [0.2, 0.25) is 0 Å². The minimum Gasteiger partial charge on any atom is -0.492 e. The van der Waals surface area contributed by atoms with Crippen molar-refractivity contribution in [1.82, 2.24) is 10.2 Å². The van der Waals surface area contributed by atoms with E-state index in [1.54, 1.807) is 0 Å². The van der Waals surface area contributed by atoms with Crippen molar-refractivity contribution < 1.29 is 4.74 Å². The molecular formula is C17H25BrN2O. The number of ether oxygens (including phenoxy) is 1. The van der Waals surface area contributed by atoms with Gasteiger partial charge in [0.05, 0.1) is 0 Å². The van der Waals surface area contributed by atoms with Gasteiger partial charge in [0, 0.05) is 23.1 Å². The highest BCUT2D eigenvalue weighted by molar-refractivity contribution is 9.10. The maximum Gasteiger partial charge on any atom is 0.119 e. The summed E-state index contributed by atoms with van der Waals surface area (Å²) in [7, 11) is 0. The highest BCUT2D eigenvalue weighted by Gasteiger charge is 2.36. The predicted octanol–water partition coefficient (Wildman–Crippen LogP) is 3.44. The Kier molecular flexibility index (Phi) is 5.19. The van der Waals surface area contributed by atoms with E-state index < -0.39 is 0 Å². The van der Waals surface area contributed by atoms with Gasteiger partial charge in [-0.05, 0) is 56.6 Å². The van der Waals surface area contributed by atoms with Gasteiger partial charge >= 0.3 is 0 Å². The van der Waals surface area contributed by atoms with Crippen LogP contribution in [0, 0.1) is 0 Å². The van der Waals surface area contributed by atoms with Gasteiger partial charge in [-0.25, -0.2) is 0 Å². The summed E-state index contributed by atoms with van der Waals surface area (Å²) < 4.78 is 6.97. The maximum atomic E-state index is 5.87. The van der Waals surface area contributed by atoms with E-state index in [0.29, 0.717) is 5.54 Å². The smallest absolute Gasteiger partial charge is 0.119 e. The highest BCUT2D eigenvalue weighted by Crippen LogP contribution is 2.31. The Morgan fingerprint density at radius 3 is 2.67 bits per heavy atom. The Morgan fingerprint density at radius 1 is 1.14 bits per heavy atom. The van der Waals surface area contributed by atoms with Gasteiger partial charge in [0.25, 0.3) is 0 Å². The lowest BCUT2D eigenvalue weighted by Crippen LogP contribution is -2.49. The molecule has 1 saturated heterocycles. The van der Waals surface area contributed by atoms with Crippen LogP contribution in [-0.2, 0) is 0 Å². The monoisotopic (exact) mass is 352 g/mol. The molecule has 1 saturated carbocycles. The van der Waals surface area contributed by atoms with E-state index >= 15 is 0 Å². The van der Waals surface area contributed by atoms with Crippen LogP contribution in [0.5, 0.6) is 5.75 Å². The number of nitrogens with zero attached hydrogens (tertiary/aromatic N) is 1. The number of halogens is 1. The van der Waals surface area contributed by atoms with Gasteiger partial charge in [0.1, 0.15) is 12.4 Å². The molecule has 3 nitrogen and oxygen atoms in total. The molecule has 0 atom stereocenters. The summed E-state index contributed by atoms with van der Waals surface area (Å²) >= 11 is 3.45. The van der Waals surface area contributed by atoms with Crippen molar-refractivity contribution in [3.8, 4) is 5.75 Å². The van der Waals surface area contributed by atoms with Crippen LogP contribution >= 0.6 is 15.9 Å². The number of hydrogen-bond donors (Lipinski definition) is 1. The molecule has 1 aromatic carbocycles. The topological polar surface area (TPSA) is 24.5 Å². The van der Waals surface area contributed by atoms with Crippen LogP contribution in [-0.4, -0.2) is 43.2 Å². The molecule has 1 aliphatic carbocycles. The van der Waals surface area contributed by atoms with Gasteiger partial charge in [-0.3, -0.25) is 4.90 Å². The first-order chi connectivity index (χ1) is 10.3. The minimum absolute atomic E-state index is 0.397. The standard InChI is InChI=1S/C17H25BrN2O/c18-15-4-6-16(7-5-15)21-13-12-20-11-3-10-19-17(14-20)8-1-2-9-17/h4-7,19H,1-3,8-14H2. The van der Waals surface area contributed by atoms with Crippen molar-refractivity contribution in [3.05, 3.63) is 28.7 Å². The third kappa shape index (κ3) is 4.21. The Labute approximate surface area is 136 Å². The SMILES string of the molecule is Brc1ccc(OCCN2CCCNC3(CCCC3)C2)cc1. The zero-order valence-electron chi connectivity index (χ0n) is 12.6. The molecular weight excluding hydrogens is 328 g/mol. The van der Waals surface area contributed by atoms with Gasteiger partial charge in [-0.2, -0.15) is 0 Å². The Balaban J connectivity index is 1.48. The molecule has 1 heterocycles. The molecule has 0 bridgehead atoms. The van der Waals surface area contributed by atoms with Crippen molar-refractivity contribution >= 4 is 15.9 Å². The first-order valence-electron chi connectivity index (χ1n) is 8.12. The summed E-state index contributed by atoms with van der Waals surface area (Å²) in [5.41, 5.74) is 0.397. The quantitative estimate of drug-likeness (QED) is 0.898. The average Bonchev–Trinajstić information content (AvgIpc) is 2.84. The van der Waals surface area contributed by atoms with Gasteiger partial charge in [0.2, 0.25) is 0 Å². The van der Waals surface area contributed by atoms with Crippen LogP contribution in [0.25, 0.3) is 0 Å². The van der Waals surface area contributed by atoms with E-state index in [4.69, 9.17) is 4.74 Å². The summed E-state index contributed by atoms with van der Waals surface area (Å²) in [6, 6.07) is 8.09. The summed E-state index contributed by atoms with van der Waals surface area (Å²) in [6.45, 7) is 5.36. The van der Waals surface area contributed by atoms with E-state index in [1.807, 2.05) is 24.3 Å². The Bertz CT molecular complexity index is 443. The second-order valence-electron chi connectivity index (χ2n) is 6.35. The van der Waals surface area contributed by atoms with E-state index in [-0.39, 0.29) is 0 Å². The van der Waals surface area contributed by atoms with Gasteiger partial charge in [-0.1, -0.05) is 28.8 Å². The fourth-order valence-corrected chi connectivity index (χ4v) is 3.88. The van der Waals surface area contributed by atoms with Crippen LogP contribution < -0.4 is 10.1 Å². The summed E-state index contributed by atoms with van der Waals surface area (Å²) in [5.74, 6) is 0.960. The average molecular weight is 353 g/mol. The molecule has 1 aliphatic heterocycles. The molecule has 0 aromatic heterocycles. The lowest BCUT2D eigenvalue weighted by molar-refractivity contribution is 0.175. The van der Waals surface area contributed by atoms with E-state index in [9.17, 15) is 0 Å². The molecule has 0 amide bonds. The molecule has 0 radical (unpaired) electrons. The number of rotatable bonds is 4. The summed E-state index contributed by atoms with van der Waals surface area (Å²) in [4.78, 5) is 2.59. The minimum atomic E-state index is 0.397. The number of hydrogen-bond acceptors (Lipinski definition) is 3. The lowest BCUT2D eigenvalue weighted by atomic mass is 9.97. The van der Waals surface area contributed by atoms with Crippen molar-refractivity contribution in [3.63, 3.8) is 0 Å². The van der Waals surface area contributed by atoms with E-state index in [2.05, 4.69) is 26.1 Å². The molecule has 2 fully saturated rings. The predicted molar refractivity (Wildman–Crippen MR) is 89.9 cm³/mol. The van der Waals surface area contributed by atoms with Crippen LogP contribution in [0.1, 0.15) is 32.1 Å². The fourth-order valence-electron chi connectivity index (χ4n) is 3.62. The second kappa shape index (κ2) is 7.12. The first-order valence-corrected chi connectivity index (χ1v) is 8.91. The van der Waals surface area contributed by atoms with Crippen molar-refractivity contribution in [1.29, 1.82) is 0 Å². The Hall–Kier alpha value is -0.580. The normalized spacial score (nSPS) is 22.3. The number of benzene rings is 1. The summed E-state index contributed by atoms with van der Waals surface area (Å²) in [6.07, 6.45) is 6.71. The van der Waals surface area contributed by atoms with Gasteiger partial charge in [-0.15, -0.1) is 0 Å². The van der Waals surface area contributed by atoms with Crippen molar-refractivity contribution in [2.75, 3.05) is 32.8 Å². The van der Waals surface area contributed by atoms with Crippen molar-refractivity contribution in [2.45, 2.75) is 37.6 Å². The zero-order chi connectivity index (χ0) is 14.5. The van der Waals surface area contributed by atoms with E-state index in [0.717, 1.165) is 23.4 Å². The van der Waals surface area contributed by atoms with Crippen LogP contribution in [0.3, 0.4) is 0 Å². The van der Waals surface area contributed by atoms with Gasteiger partial charge in [0.15, 0.2) is 0 Å². The molecule has 4 heteroatoms. The molecule has 2 aliphatic rings. The first kappa shape index (κ1) is 15.3. The molecule has 1 spiro atoms. The molecule has 1 aromatic rings. The molecule has 21 heavy (non-hydrogen) atoms. The summed E-state index contributed by atoms with van der Waals surface area (Å²) in [5, 5.41) is 3.81.